The van der Waals surface area contributed by atoms with Gasteiger partial charge >= 0.3 is 0 Å². The molecule has 0 saturated carbocycles. The number of amides is 2. The van der Waals surface area contributed by atoms with Crippen molar-refractivity contribution in [2.75, 3.05) is 13.2 Å². The maximum Gasteiger partial charge on any atom is 0.258 e. The lowest BCUT2D eigenvalue weighted by molar-refractivity contribution is -0.121. The number of hydrogen-bond donors (Lipinski definition) is 3. The first-order valence-corrected chi connectivity index (χ1v) is 10.9. The fourth-order valence-electron chi connectivity index (χ4n) is 3.88. The van der Waals surface area contributed by atoms with E-state index in [4.69, 9.17) is 4.74 Å². The number of carbonyl (C=O) groups excluding carboxylic acids is 2. The Labute approximate surface area is 191 Å². The molecular formula is C26H25FN2O4. The van der Waals surface area contributed by atoms with Crippen LogP contribution in [0.2, 0.25) is 0 Å². The Balaban J connectivity index is 1.51. The van der Waals surface area contributed by atoms with Gasteiger partial charge in [0.15, 0.2) is 11.5 Å². The van der Waals surface area contributed by atoms with Crippen molar-refractivity contribution in [3.8, 4) is 22.6 Å². The standard InChI is InChI=1S/C26H25FN2O4/c1-2-10-33-24-9-6-16(11-23(24)30)14-28-15-22-21-13-18(17-4-3-5-19(27)12-17)7-8-20(21)25(31)29-26(22)32/h3-9,11-13,22,28,30H,2,10,14-15H2,1H3,(H,29,31,32). The van der Waals surface area contributed by atoms with Crippen molar-refractivity contribution in [3.05, 3.63) is 83.2 Å². The van der Waals surface area contributed by atoms with E-state index < -0.39 is 11.8 Å². The molecule has 1 aliphatic rings. The van der Waals surface area contributed by atoms with Gasteiger partial charge in [0.2, 0.25) is 5.91 Å². The minimum Gasteiger partial charge on any atom is -0.504 e. The Morgan fingerprint density at radius 3 is 2.64 bits per heavy atom. The van der Waals surface area contributed by atoms with Crippen LogP contribution in [0, 0.1) is 5.82 Å². The highest BCUT2D eigenvalue weighted by Gasteiger charge is 2.32. The van der Waals surface area contributed by atoms with Gasteiger partial charge in [0.05, 0.1) is 12.5 Å². The molecule has 1 unspecified atom stereocenters. The Bertz CT molecular complexity index is 1190. The lowest BCUT2D eigenvalue weighted by Gasteiger charge is -2.25. The van der Waals surface area contributed by atoms with Gasteiger partial charge < -0.3 is 15.2 Å². The Hall–Kier alpha value is -3.71. The summed E-state index contributed by atoms with van der Waals surface area (Å²) in [5.41, 5.74) is 3.26. The lowest BCUT2D eigenvalue weighted by Crippen LogP contribution is -2.43. The summed E-state index contributed by atoms with van der Waals surface area (Å²) in [5.74, 6) is -1.27. The molecule has 1 aliphatic heterocycles. The summed E-state index contributed by atoms with van der Waals surface area (Å²) in [6.45, 7) is 3.22. The zero-order chi connectivity index (χ0) is 23.4. The summed E-state index contributed by atoms with van der Waals surface area (Å²) >= 11 is 0. The molecule has 4 rings (SSSR count). The molecule has 1 atom stereocenters. The molecule has 0 radical (unpaired) electrons. The van der Waals surface area contributed by atoms with E-state index in [0.717, 1.165) is 17.5 Å². The molecule has 3 aromatic carbocycles. The average molecular weight is 448 g/mol. The third-order valence-electron chi connectivity index (χ3n) is 5.55. The second kappa shape index (κ2) is 9.83. The zero-order valence-corrected chi connectivity index (χ0v) is 18.2. The number of phenols is 1. The Morgan fingerprint density at radius 1 is 1.06 bits per heavy atom. The normalized spacial score (nSPS) is 15.2. The van der Waals surface area contributed by atoms with Crippen LogP contribution in [0.3, 0.4) is 0 Å². The zero-order valence-electron chi connectivity index (χ0n) is 18.2. The number of nitrogens with one attached hydrogen (secondary N) is 2. The summed E-state index contributed by atoms with van der Waals surface area (Å²) in [4.78, 5) is 25.0. The number of phenolic OH excluding ortho intramolecular Hbond substituents is 1. The second-order valence-electron chi connectivity index (χ2n) is 7.96. The first-order chi connectivity index (χ1) is 16.0. The molecule has 0 aromatic heterocycles. The summed E-state index contributed by atoms with van der Waals surface area (Å²) in [6, 6.07) is 16.6. The molecule has 6 nitrogen and oxygen atoms in total. The van der Waals surface area contributed by atoms with Crippen LogP contribution in [-0.4, -0.2) is 30.1 Å². The van der Waals surface area contributed by atoms with Crippen molar-refractivity contribution in [2.45, 2.75) is 25.8 Å². The van der Waals surface area contributed by atoms with Crippen LogP contribution in [0.15, 0.2) is 60.7 Å². The van der Waals surface area contributed by atoms with Crippen LogP contribution in [0.4, 0.5) is 4.39 Å². The average Bonchev–Trinajstić information content (AvgIpc) is 2.80. The van der Waals surface area contributed by atoms with Crippen LogP contribution in [0.25, 0.3) is 11.1 Å². The monoisotopic (exact) mass is 448 g/mol. The number of fused-ring (bicyclic) bond motifs is 1. The summed E-state index contributed by atoms with van der Waals surface area (Å²) in [6.07, 6.45) is 0.844. The van der Waals surface area contributed by atoms with Crippen molar-refractivity contribution in [3.63, 3.8) is 0 Å². The molecule has 0 fully saturated rings. The predicted octanol–water partition coefficient (Wildman–Crippen LogP) is 4.13. The Morgan fingerprint density at radius 2 is 1.88 bits per heavy atom. The van der Waals surface area contributed by atoms with Crippen LogP contribution < -0.4 is 15.4 Å². The first kappa shape index (κ1) is 22.5. The maximum atomic E-state index is 13.7. The third-order valence-corrected chi connectivity index (χ3v) is 5.55. The van der Waals surface area contributed by atoms with Gasteiger partial charge in [-0.3, -0.25) is 14.9 Å². The van der Waals surface area contributed by atoms with Crippen molar-refractivity contribution in [2.24, 2.45) is 0 Å². The van der Waals surface area contributed by atoms with Gasteiger partial charge in [-0.05, 0) is 65.1 Å². The van der Waals surface area contributed by atoms with Gasteiger partial charge in [-0.2, -0.15) is 0 Å². The highest BCUT2D eigenvalue weighted by Crippen LogP contribution is 2.31. The van der Waals surface area contributed by atoms with E-state index in [0.29, 0.717) is 35.6 Å². The van der Waals surface area contributed by atoms with Crippen molar-refractivity contribution in [1.82, 2.24) is 10.6 Å². The van der Waals surface area contributed by atoms with Crippen LogP contribution in [0.5, 0.6) is 11.5 Å². The van der Waals surface area contributed by atoms with Crippen LogP contribution in [0.1, 0.15) is 40.7 Å². The van der Waals surface area contributed by atoms with E-state index in [-0.39, 0.29) is 24.0 Å². The highest BCUT2D eigenvalue weighted by atomic mass is 19.1. The van der Waals surface area contributed by atoms with Gasteiger partial charge in [-0.15, -0.1) is 0 Å². The molecule has 0 spiro atoms. The predicted molar refractivity (Wildman–Crippen MR) is 123 cm³/mol. The van der Waals surface area contributed by atoms with E-state index in [1.807, 2.05) is 13.0 Å². The number of imide groups is 1. The molecule has 0 aliphatic carbocycles. The van der Waals surface area contributed by atoms with E-state index >= 15 is 0 Å². The molecule has 3 N–H and O–H groups in total. The van der Waals surface area contributed by atoms with Crippen molar-refractivity contribution in [1.29, 1.82) is 0 Å². The summed E-state index contributed by atoms with van der Waals surface area (Å²) in [7, 11) is 0. The number of rotatable bonds is 8. The summed E-state index contributed by atoms with van der Waals surface area (Å²) in [5, 5.41) is 15.8. The summed E-state index contributed by atoms with van der Waals surface area (Å²) < 4.78 is 19.2. The molecule has 0 bridgehead atoms. The van der Waals surface area contributed by atoms with Gasteiger partial charge in [0.25, 0.3) is 5.91 Å². The van der Waals surface area contributed by atoms with Crippen LogP contribution >= 0.6 is 0 Å². The van der Waals surface area contributed by atoms with Gasteiger partial charge in [-0.1, -0.05) is 31.2 Å². The number of aromatic hydroxyl groups is 1. The van der Waals surface area contributed by atoms with Crippen molar-refractivity contribution < 1.29 is 23.8 Å². The number of carbonyl (C=O) groups is 2. The van der Waals surface area contributed by atoms with Gasteiger partial charge in [0.1, 0.15) is 5.82 Å². The molecule has 0 saturated heterocycles. The lowest BCUT2D eigenvalue weighted by atomic mass is 9.87. The number of hydrogen-bond acceptors (Lipinski definition) is 5. The fraction of sp³-hybridized carbons (Fsp3) is 0.231. The largest absolute Gasteiger partial charge is 0.504 e. The van der Waals surface area contributed by atoms with E-state index in [9.17, 15) is 19.1 Å². The minimum atomic E-state index is -0.591. The minimum absolute atomic E-state index is 0.0637. The molecule has 170 valence electrons. The number of benzene rings is 3. The molecular weight excluding hydrogens is 423 g/mol. The Kier molecular flexibility index (Phi) is 6.70. The number of halogens is 1. The van der Waals surface area contributed by atoms with E-state index in [1.165, 1.54) is 12.1 Å². The SMILES string of the molecule is CCCOc1ccc(CNCC2C(=O)NC(=O)c3ccc(-c4cccc(F)c4)cc32)cc1O. The van der Waals surface area contributed by atoms with Gasteiger partial charge in [0, 0.05) is 18.7 Å². The third kappa shape index (κ3) is 5.04. The molecule has 33 heavy (non-hydrogen) atoms. The maximum absolute atomic E-state index is 13.7. The fourth-order valence-corrected chi connectivity index (χ4v) is 3.88. The number of ether oxygens (including phenoxy) is 1. The smallest absolute Gasteiger partial charge is 0.258 e. The first-order valence-electron chi connectivity index (χ1n) is 10.9. The van der Waals surface area contributed by atoms with Crippen LogP contribution in [-0.2, 0) is 11.3 Å². The molecule has 2 amide bonds. The highest BCUT2D eigenvalue weighted by molar-refractivity contribution is 6.11. The van der Waals surface area contributed by atoms with E-state index in [1.54, 1.807) is 42.5 Å². The van der Waals surface area contributed by atoms with Crippen molar-refractivity contribution >= 4 is 11.8 Å². The molecule has 3 aromatic rings. The topological polar surface area (TPSA) is 87.7 Å². The van der Waals surface area contributed by atoms with Gasteiger partial charge in [-0.25, -0.2) is 4.39 Å². The molecule has 1 heterocycles. The quantitative estimate of drug-likeness (QED) is 0.451. The molecule has 7 heteroatoms. The second-order valence-corrected chi connectivity index (χ2v) is 7.96. The van der Waals surface area contributed by atoms with E-state index in [2.05, 4.69) is 10.6 Å².